The summed E-state index contributed by atoms with van der Waals surface area (Å²) in [5.41, 5.74) is 11.1. The molecule has 1 aromatic carbocycles. The van der Waals surface area contributed by atoms with Gasteiger partial charge in [0.1, 0.15) is 5.75 Å². The van der Waals surface area contributed by atoms with E-state index in [1.165, 1.54) is 12.7 Å². The van der Waals surface area contributed by atoms with Gasteiger partial charge in [0.15, 0.2) is 6.61 Å². The molecule has 4 rings (SSSR count). The molecule has 1 amide bonds. The molecule has 0 fully saturated rings. The number of benzene rings is 1. The van der Waals surface area contributed by atoms with E-state index in [9.17, 15) is 9.59 Å². The molecule has 3 aromatic rings. The molecular formula is C23H22N2O4. The second-order valence-electron chi connectivity index (χ2n) is 6.94. The summed E-state index contributed by atoms with van der Waals surface area (Å²) in [6, 6.07) is 13.8. The van der Waals surface area contributed by atoms with Crippen LogP contribution in [-0.2, 0) is 27.2 Å². The average molecular weight is 390 g/mol. The smallest absolute Gasteiger partial charge is 0.343 e. The van der Waals surface area contributed by atoms with Crippen molar-refractivity contribution in [2.75, 3.05) is 13.7 Å². The van der Waals surface area contributed by atoms with E-state index in [4.69, 9.17) is 10.5 Å². The maximum Gasteiger partial charge on any atom is 0.343 e. The maximum atomic E-state index is 12.2. The molecule has 0 aliphatic heterocycles. The van der Waals surface area contributed by atoms with Gasteiger partial charge >= 0.3 is 5.97 Å². The number of carbonyl (C=O) groups is 2. The molecule has 148 valence electrons. The number of esters is 1. The van der Waals surface area contributed by atoms with Crippen LogP contribution in [0.1, 0.15) is 28.8 Å². The van der Waals surface area contributed by atoms with E-state index in [1.807, 2.05) is 40.9 Å². The number of fused-ring (bicyclic) bond motifs is 3. The van der Waals surface area contributed by atoms with Crippen LogP contribution in [0, 0.1) is 0 Å². The van der Waals surface area contributed by atoms with Crippen molar-refractivity contribution >= 4 is 23.0 Å². The molecule has 6 nitrogen and oxygen atoms in total. The van der Waals surface area contributed by atoms with Gasteiger partial charge in [0.05, 0.1) is 12.6 Å². The molecule has 0 spiro atoms. The number of hydrogen-bond donors (Lipinski definition) is 1. The Bertz CT molecular complexity index is 1110. The summed E-state index contributed by atoms with van der Waals surface area (Å²) in [7, 11) is 1.32. The van der Waals surface area contributed by atoms with Crippen molar-refractivity contribution in [3.05, 3.63) is 77.1 Å². The lowest BCUT2D eigenvalue weighted by Crippen LogP contribution is -2.16. The first-order valence-corrected chi connectivity index (χ1v) is 9.48. The molecule has 29 heavy (non-hydrogen) atoms. The van der Waals surface area contributed by atoms with E-state index < -0.39 is 11.9 Å². The number of nitrogens with two attached hydrogens (primary N) is 1. The summed E-state index contributed by atoms with van der Waals surface area (Å²) in [5.74, 6) is -0.419. The van der Waals surface area contributed by atoms with Crippen molar-refractivity contribution in [3.8, 4) is 5.75 Å². The minimum absolute atomic E-state index is 0.209. The highest BCUT2D eigenvalue weighted by Crippen LogP contribution is 2.39. The molecule has 0 saturated carbocycles. The monoisotopic (exact) mass is 390 g/mol. The fourth-order valence-electron chi connectivity index (χ4n) is 3.93. The van der Waals surface area contributed by atoms with Gasteiger partial charge in [0.2, 0.25) is 5.91 Å². The number of rotatable bonds is 6. The highest BCUT2D eigenvalue weighted by atomic mass is 16.6. The summed E-state index contributed by atoms with van der Waals surface area (Å²) >= 11 is 0. The Morgan fingerprint density at radius 2 is 1.93 bits per heavy atom. The van der Waals surface area contributed by atoms with Crippen LogP contribution in [-0.4, -0.2) is 30.0 Å². The molecule has 2 N–H and O–H groups in total. The largest absolute Gasteiger partial charge is 0.480 e. The Kier molecular flexibility index (Phi) is 5.08. The summed E-state index contributed by atoms with van der Waals surface area (Å²) in [5, 5.41) is 0. The van der Waals surface area contributed by atoms with Crippen LogP contribution in [0.5, 0.6) is 5.75 Å². The standard InChI is InChI=1S/C23H22N2O4/c1-28-20(26)14-29-19-11-6-12-25-18(13-15-7-3-2-4-8-15)16-9-5-10-17(23(24)27)21(16)22(19)25/h2-4,6-8,10-12H,5,9,13-14H2,1H3,(H2,24,27). The van der Waals surface area contributed by atoms with E-state index in [1.54, 1.807) is 6.07 Å². The molecule has 1 aliphatic carbocycles. The molecule has 0 atom stereocenters. The topological polar surface area (TPSA) is 83.0 Å². The number of nitrogens with zero attached hydrogens (tertiary/aromatic N) is 1. The summed E-state index contributed by atoms with van der Waals surface area (Å²) in [6.07, 6.45) is 6.11. The lowest BCUT2D eigenvalue weighted by atomic mass is 9.90. The Hall–Kier alpha value is -3.54. The van der Waals surface area contributed by atoms with Gasteiger partial charge in [-0.3, -0.25) is 4.79 Å². The number of ether oxygens (including phenoxy) is 2. The van der Waals surface area contributed by atoms with Crippen molar-refractivity contribution < 1.29 is 19.1 Å². The van der Waals surface area contributed by atoms with Crippen molar-refractivity contribution in [2.45, 2.75) is 19.3 Å². The molecule has 2 aromatic heterocycles. The molecule has 0 unspecified atom stereocenters. The van der Waals surface area contributed by atoms with Crippen molar-refractivity contribution in [1.29, 1.82) is 0 Å². The number of methoxy groups -OCH3 is 1. The van der Waals surface area contributed by atoms with Crippen LogP contribution in [0.4, 0.5) is 0 Å². The van der Waals surface area contributed by atoms with Gasteiger partial charge in [-0.2, -0.15) is 0 Å². The number of carbonyl (C=O) groups excluding carboxylic acids is 2. The van der Waals surface area contributed by atoms with Gasteiger partial charge in [-0.15, -0.1) is 0 Å². The first kappa shape index (κ1) is 18.8. The van der Waals surface area contributed by atoms with Gasteiger partial charge in [0.25, 0.3) is 0 Å². The Balaban J connectivity index is 1.91. The van der Waals surface area contributed by atoms with Crippen LogP contribution in [0.15, 0.2) is 54.7 Å². The zero-order chi connectivity index (χ0) is 20.4. The van der Waals surface area contributed by atoms with Gasteiger partial charge in [-0.25, -0.2) is 4.79 Å². The molecule has 0 saturated heterocycles. The van der Waals surface area contributed by atoms with Crippen molar-refractivity contribution in [3.63, 3.8) is 0 Å². The van der Waals surface area contributed by atoms with Crippen molar-refractivity contribution in [1.82, 2.24) is 4.40 Å². The lowest BCUT2D eigenvalue weighted by Gasteiger charge is -2.14. The summed E-state index contributed by atoms with van der Waals surface area (Å²) in [4.78, 5) is 23.8. The predicted octanol–water partition coefficient (Wildman–Crippen LogP) is 2.90. The quantitative estimate of drug-likeness (QED) is 0.656. The van der Waals surface area contributed by atoms with Crippen LogP contribution >= 0.6 is 0 Å². The summed E-state index contributed by atoms with van der Waals surface area (Å²) in [6.45, 7) is -0.209. The molecule has 6 heteroatoms. The number of amides is 1. The molecule has 0 bridgehead atoms. The first-order chi connectivity index (χ1) is 14.1. The van der Waals surface area contributed by atoms with Gasteiger partial charge < -0.3 is 19.6 Å². The highest BCUT2D eigenvalue weighted by Gasteiger charge is 2.28. The van der Waals surface area contributed by atoms with Crippen molar-refractivity contribution in [2.24, 2.45) is 5.73 Å². The minimum Gasteiger partial charge on any atom is -0.480 e. The third-order valence-corrected chi connectivity index (χ3v) is 5.20. The van der Waals surface area contributed by atoms with E-state index in [0.29, 0.717) is 17.7 Å². The lowest BCUT2D eigenvalue weighted by molar-refractivity contribution is -0.142. The van der Waals surface area contributed by atoms with Gasteiger partial charge in [-0.1, -0.05) is 36.4 Å². The zero-order valence-corrected chi connectivity index (χ0v) is 16.2. The van der Waals surface area contributed by atoms with Crippen LogP contribution < -0.4 is 10.5 Å². The van der Waals surface area contributed by atoms with E-state index in [-0.39, 0.29) is 6.61 Å². The van der Waals surface area contributed by atoms with Gasteiger partial charge in [-0.05, 0) is 36.1 Å². The fraction of sp³-hybridized carbons (Fsp3) is 0.217. The number of hydrogen-bond acceptors (Lipinski definition) is 4. The molecule has 2 heterocycles. The van der Waals surface area contributed by atoms with E-state index in [0.717, 1.165) is 35.2 Å². The number of pyridine rings is 1. The van der Waals surface area contributed by atoms with Gasteiger partial charge in [0, 0.05) is 29.4 Å². The van der Waals surface area contributed by atoms with Crippen LogP contribution in [0.25, 0.3) is 11.1 Å². The Morgan fingerprint density at radius 1 is 1.14 bits per heavy atom. The predicted molar refractivity (Wildman–Crippen MR) is 110 cm³/mol. The second-order valence-corrected chi connectivity index (χ2v) is 6.94. The Labute approximate surface area is 168 Å². The normalized spacial score (nSPS) is 12.9. The first-order valence-electron chi connectivity index (χ1n) is 9.48. The third kappa shape index (κ3) is 3.49. The van der Waals surface area contributed by atoms with E-state index >= 15 is 0 Å². The molecule has 1 aliphatic rings. The average Bonchev–Trinajstić information content (AvgIpc) is 3.07. The third-order valence-electron chi connectivity index (χ3n) is 5.20. The molecular weight excluding hydrogens is 368 g/mol. The number of allylic oxidation sites excluding steroid dienone is 1. The summed E-state index contributed by atoms with van der Waals surface area (Å²) < 4.78 is 12.5. The van der Waals surface area contributed by atoms with Crippen LogP contribution in [0.2, 0.25) is 0 Å². The highest BCUT2D eigenvalue weighted by molar-refractivity contribution is 6.22. The zero-order valence-electron chi connectivity index (χ0n) is 16.2. The Morgan fingerprint density at radius 3 is 2.66 bits per heavy atom. The maximum absolute atomic E-state index is 12.2. The van der Waals surface area contributed by atoms with E-state index in [2.05, 4.69) is 16.9 Å². The minimum atomic E-state index is -0.470. The SMILES string of the molecule is COC(=O)COc1cccn2c(Cc3ccccc3)c3c(c12)C(C(N)=O)=CCC3. The molecule has 0 radical (unpaired) electrons. The number of primary amides is 1. The second kappa shape index (κ2) is 7.83. The fourth-order valence-corrected chi connectivity index (χ4v) is 3.93. The number of aromatic nitrogens is 1. The van der Waals surface area contributed by atoms with Crippen LogP contribution in [0.3, 0.4) is 0 Å².